The van der Waals surface area contributed by atoms with Gasteiger partial charge in [-0.2, -0.15) is 10.2 Å². The van der Waals surface area contributed by atoms with Crippen molar-refractivity contribution in [2.24, 2.45) is 11.7 Å². The lowest BCUT2D eigenvalue weighted by Gasteiger charge is -2.31. The maximum absolute atomic E-state index is 6.03. The molecule has 1 unspecified atom stereocenters. The second-order valence-corrected chi connectivity index (χ2v) is 3.39. The van der Waals surface area contributed by atoms with Crippen molar-refractivity contribution in [2.75, 3.05) is 0 Å². The summed E-state index contributed by atoms with van der Waals surface area (Å²) in [7, 11) is 0. The second kappa shape index (κ2) is 3.19. The van der Waals surface area contributed by atoms with Gasteiger partial charge in [0.2, 0.25) is 0 Å². The maximum Gasteiger partial charge on any atom is 0.0544 e. The molecule has 0 spiro atoms. The van der Waals surface area contributed by atoms with Crippen LogP contribution >= 0.6 is 0 Å². The molecule has 0 saturated heterocycles. The third kappa shape index (κ3) is 1.32. The van der Waals surface area contributed by atoms with E-state index in [0.717, 1.165) is 5.56 Å². The number of nitrogens with two attached hydrogens (primary N) is 1. The van der Waals surface area contributed by atoms with Gasteiger partial charge in [0.05, 0.1) is 6.20 Å². The fraction of sp³-hybridized carbons (Fsp3) is 0.556. The summed E-state index contributed by atoms with van der Waals surface area (Å²) in [6.45, 7) is 0. The summed E-state index contributed by atoms with van der Waals surface area (Å²) in [6, 6.07) is 2.13. The molecule has 0 radical (unpaired) electrons. The lowest BCUT2D eigenvalue weighted by Crippen LogP contribution is -2.26. The minimum Gasteiger partial charge on any atom is -0.324 e. The van der Waals surface area contributed by atoms with Gasteiger partial charge in [-0.3, -0.25) is 0 Å². The molecule has 0 aromatic carbocycles. The highest BCUT2D eigenvalue weighted by molar-refractivity contribution is 5.12. The van der Waals surface area contributed by atoms with Crippen LogP contribution in [0.1, 0.15) is 30.9 Å². The Balaban J connectivity index is 2.08. The van der Waals surface area contributed by atoms with Gasteiger partial charge >= 0.3 is 0 Å². The van der Waals surface area contributed by atoms with Crippen molar-refractivity contribution in [1.82, 2.24) is 10.2 Å². The fourth-order valence-corrected chi connectivity index (χ4v) is 1.57. The van der Waals surface area contributed by atoms with Gasteiger partial charge in [0, 0.05) is 12.2 Å². The van der Waals surface area contributed by atoms with Crippen molar-refractivity contribution < 1.29 is 0 Å². The van der Waals surface area contributed by atoms with Gasteiger partial charge in [-0.1, -0.05) is 6.42 Å². The Labute approximate surface area is 72.0 Å². The smallest absolute Gasteiger partial charge is 0.0544 e. The molecular weight excluding hydrogens is 150 g/mol. The topological polar surface area (TPSA) is 51.8 Å². The molecule has 64 valence electrons. The number of hydrogen-bond acceptors (Lipinski definition) is 3. The Morgan fingerprint density at radius 1 is 1.42 bits per heavy atom. The Bertz CT molecular complexity index is 243. The van der Waals surface area contributed by atoms with Gasteiger partial charge in [-0.15, -0.1) is 0 Å². The molecule has 2 rings (SSSR count). The molecule has 12 heavy (non-hydrogen) atoms. The first-order valence-corrected chi connectivity index (χ1v) is 4.40. The van der Waals surface area contributed by atoms with E-state index >= 15 is 0 Å². The van der Waals surface area contributed by atoms with Crippen molar-refractivity contribution in [2.45, 2.75) is 25.3 Å². The van der Waals surface area contributed by atoms with Crippen LogP contribution in [-0.2, 0) is 0 Å². The minimum absolute atomic E-state index is 0.175. The molecule has 1 aliphatic rings. The highest BCUT2D eigenvalue weighted by atomic mass is 15.1. The van der Waals surface area contributed by atoms with E-state index in [4.69, 9.17) is 5.73 Å². The normalized spacial score (nSPS) is 20.1. The van der Waals surface area contributed by atoms with Crippen LogP contribution in [0.15, 0.2) is 18.5 Å². The SMILES string of the molecule is NC(c1ccnnc1)C1CCC1. The monoisotopic (exact) mass is 163 g/mol. The molecule has 1 aliphatic carbocycles. The van der Waals surface area contributed by atoms with E-state index in [2.05, 4.69) is 10.2 Å². The van der Waals surface area contributed by atoms with Crippen molar-refractivity contribution in [1.29, 1.82) is 0 Å². The zero-order valence-electron chi connectivity index (χ0n) is 6.98. The van der Waals surface area contributed by atoms with E-state index in [9.17, 15) is 0 Å². The first-order valence-electron chi connectivity index (χ1n) is 4.40. The predicted octanol–water partition coefficient (Wildman–Crippen LogP) is 1.28. The number of rotatable bonds is 2. The molecule has 1 aromatic rings. The zero-order chi connectivity index (χ0) is 8.39. The molecule has 1 saturated carbocycles. The van der Waals surface area contributed by atoms with Gasteiger partial charge < -0.3 is 5.73 Å². The third-order valence-electron chi connectivity index (χ3n) is 2.65. The van der Waals surface area contributed by atoms with Crippen LogP contribution in [0.25, 0.3) is 0 Å². The van der Waals surface area contributed by atoms with Crippen LogP contribution in [0.2, 0.25) is 0 Å². The van der Waals surface area contributed by atoms with Gasteiger partial charge in [-0.05, 0) is 30.4 Å². The van der Waals surface area contributed by atoms with E-state index in [0.29, 0.717) is 5.92 Å². The Kier molecular flexibility index (Phi) is 2.04. The Hall–Kier alpha value is -0.960. The Morgan fingerprint density at radius 3 is 2.75 bits per heavy atom. The minimum atomic E-state index is 0.175. The Morgan fingerprint density at radius 2 is 2.25 bits per heavy atom. The lowest BCUT2D eigenvalue weighted by molar-refractivity contribution is 0.264. The number of hydrogen-bond donors (Lipinski definition) is 1. The third-order valence-corrected chi connectivity index (χ3v) is 2.65. The highest BCUT2D eigenvalue weighted by Gasteiger charge is 2.25. The van der Waals surface area contributed by atoms with Gasteiger partial charge in [-0.25, -0.2) is 0 Å². The molecule has 2 N–H and O–H groups in total. The second-order valence-electron chi connectivity index (χ2n) is 3.39. The number of aromatic nitrogens is 2. The quantitative estimate of drug-likeness (QED) is 0.714. The van der Waals surface area contributed by atoms with Crippen LogP contribution in [0, 0.1) is 5.92 Å². The summed E-state index contributed by atoms with van der Waals surface area (Å²) in [5, 5.41) is 7.54. The first-order chi connectivity index (χ1) is 5.88. The summed E-state index contributed by atoms with van der Waals surface area (Å²) in [5.74, 6) is 0.675. The average Bonchev–Trinajstić information content (AvgIpc) is 2.03. The molecule has 0 bridgehead atoms. The summed E-state index contributed by atoms with van der Waals surface area (Å²) in [6.07, 6.45) is 7.33. The van der Waals surface area contributed by atoms with Crippen LogP contribution in [0.4, 0.5) is 0 Å². The molecule has 3 heteroatoms. The fourth-order valence-electron chi connectivity index (χ4n) is 1.57. The van der Waals surface area contributed by atoms with Crippen LogP contribution < -0.4 is 5.73 Å². The van der Waals surface area contributed by atoms with E-state index in [1.165, 1.54) is 19.3 Å². The zero-order valence-corrected chi connectivity index (χ0v) is 6.98. The van der Waals surface area contributed by atoms with E-state index < -0.39 is 0 Å². The highest BCUT2D eigenvalue weighted by Crippen LogP contribution is 2.35. The van der Waals surface area contributed by atoms with Crippen molar-refractivity contribution in [3.05, 3.63) is 24.0 Å². The largest absolute Gasteiger partial charge is 0.324 e. The number of nitrogens with zero attached hydrogens (tertiary/aromatic N) is 2. The van der Waals surface area contributed by atoms with Gasteiger partial charge in [0.25, 0.3) is 0 Å². The maximum atomic E-state index is 6.03. The molecular formula is C9H13N3. The van der Waals surface area contributed by atoms with Gasteiger partial charge in [0.15, 0.2) is 0 Å². The molecule has 1 atom stereocenters. The molecule has 3 nitrogen and oxygen atoms in total. The van der Waals surface area contributed by atoms with E-state index in [1.54, 1.807) is 12.4 Å². The standard InChI is InChI=1S/C9H13N3/c10-9(7-2-1-3-7)8-4-5-11-12-6-8/h4-7,9H,1-3,10H2. The molecule has 1 aromatic heterocycles. The summed E-state index contributed by atoms with van der Waals surface area (Å²) in [5.41, 5.74) is 7.15. The van der Waals surface area contributed by atoms with Crippen LogP contribution in [0.3, 0.4) is 0 Å². The van der Waals surface area contributed by atoms with Crippen LogP contribution in [0.5, 0.6) is 0 Å². The molecule has 0 amide bonds. The predicted molar refractivity (Wildman–Crippen MR) is 46.3 cm³/mol. The summed E-state index contributed by atoms with van der Waals surface area (Å²) >= 11 is 0. The van der Waals surface area contributed by atoms with E-state index in [1.807, 2.05) is 6.07 Å². The van der Waals surface area contributed by atoms with E-state index in [-0.39, 0.29) is 6.04 Å². The molecule has 0 aliphatic heterocycles. The summed E-state index contributed by atoms with van der Waals surface area (Å²) in [4.78, 5) is 0. The van der Waals surface area contributed by atoms with Crippen LogP contribution in [-0.4, -0.2) is 10.2 Å². The average molecular weight is 163 g/mol. The van der Waals surface area contributed by atoms with Crippen molar-refractivity contribution in [3.63, 3.8) is 0 Å². The molecule has 1 fully saturated rings. The summed E-state index contributed by atoms with van der Waals surface area (Å²) < 4.78 is 0. The first kappa shape index (κ1) is 7.68. The van der Waals surface area contributed by atoms with Crippen molar-refractivity contribution in [3.8, 4) is 0 Å². The lowest BCUT2D eigenvalue weighted by atomic mass is 9.78. The van der Waals surface area contributed by atoms with Gasteiger partial charge in [0.1, 0.15) is 0 Å². The van der Waals surface area contributed by atoms with Crippen molar-refractivity contribution >= 4 is 0 Å². The molecule has 1 heterocycles.